The van der Waals surface area contributed by atoms with Gasteiger partial charge in [-0.25, -0.2) is 9.67 Å². The van der Waals surface area contributed by atoms with Crippen molar-refractivity contribution in [2.24, 2.45) is 5.73 Å². The fraction of sp³-hybridized carbons (Fsp3) is 0.0769. The van der Waals surface area contributed by atoms with Gasteiger partial charge in [0.25, 0.3) is 11.5 Å². The number of aromatic amines is 1. The minimum Gasteiger partial charge on any atom is -0.364 e. The van der Waals surface area contributed by atoms with Gasteiger partial charge in [-0.05, 0) is 19.1 Å². The lowest BCUT2D eigenvalue weighted by Crippen LogP contribution is -2.16. The standard InChI is InChI=1S/C13H8Cl3N5O2/c1-4-18-12-8(13(23)19-4)9(11(17)22)20-21(12)10-6(15)2-5(14)3-7(10)16/h2-3H,1H3,(H2,17,22)(H,18,19,23). The first-order valence-electron chi connectivity index (χ1n) is 6.24. The van der Waals surface area contributed by atoms with E-state index >= 15 is 0 Å². The van der Waals surface area contributed by atoms with Crippen LogP contribution in [0.4, 0.5) is 0 Å². The van der Waals surface area contributed by atoms with Crippen LogP contribution in [0.5, 0.6) is 0 Å². The van der Waals surface area contributed by atoms with Gasteiger partial charge in [0.1, 0.15) is 16.9 Å². The van der Waals surface area contributed by atoms with Gasteiger partial charge in [0.2, 0.25) is 0 Å². The zero-order chi connectivity index (χ0) is 16.9. The summed E-state index contributed by atoms with van der Waals surface area (Å²) >= 11 is 18.2. The normalized spacial score (nSPS) is 11.1. The van der Waals surface area contributed by atoms with E-state index in [0.717, 1.165) is 0 Å². The molecule has 0 saturated heterocycles. The van der Waals surface area contributed by atoms with E-state index in [1.807, 2.05) is 0 Å². The molecule has 0 aliphatic rings. The quantitative estimate of drug-likeness (QED) is 0.720. The number of aryl methyl sites for hydroxylation is 1. The van der Waals surface area contributed by atoms with Crippen LogP contribution >= 0.6 is 34.8 Å². The highest BCUT2D eigenvalue weighted by atomic mass is 35.5. The predicted octanol–water partition coefficient (Wildman–Crippen LogP) is 2.48. The van der Waals surface area contributed by atoms with Crippen molar-refractivity contribution >= 4 is 51.7 Å². The number of benzene rings is 1. The number of hydrogen-bond acceptors (Lipinski definition) is 4. The Morgan fingerprint density at radius 1 is 1.26 bits per heavy atom. The fourth-order valence-corrected chi connectivity index (χ4v) is 3.18. The molecule has 0 aliphatic heterocycles. The van der Waals surface area contributed by atoms with Crippen LogP contribution in [-0.4, -0.2) is 25.7 Å². The third kappa shape index (κ3) is 2.56. The maximum Gasteiger partial charge on any atom is 0.270 e. The van der Waals surface area contributed by atoms with Crippen molar-refractivity contribution in [1.29, 1.82) is 0 Å². The molecule has 7 nitrogen and oxygen atoms in total. The maximum absolute atomic E-state index is 12.1. The zero-order valence-corrected chi connectivity index (χ0v) is 13.8. The van der Waals surface area contributed by atoms with Gasteiger partial charge >= 0.3 is 0 Å². The summed E-state index contributed by atoms with van der Waals surface area (Å²) in [4.78, 5) is 30.5. The summed E-state index contributed by atoms with van der Waals surface area (Å²) in [6, 6.07) is 2.92. The number of amides is 1. The van der Waals surface area contributed by atoms with E-state index in [1.165, 1.54) is 16.8 Å². The molecule has 0 bridgehead atoms. The molecule has 10 heteroatoms. The van der Waals surface area contributed by atoms with Crippen LogP contribution in [0.3, 0.4) is 0 Å². The van der Waals surface area contributed by atoms with E-state index in [0.29, 0.717) is 10.8 Å². The average Bonchev–Trinajstić information content (AvgIpc) is 2.77. The molecule has 2 heterocycles. The van der Waals surface area contributed by atoms with Crippen molar-refractivity contribution in [3.63, 3.8) is 0 Å². The topological polar surface area (TPSA) is 107 Å². The fourth-order valence-electron chi connectivity index (χ4n) is 2.20. The Kier molecular flexibility index (Phi) is 3.79. The predicted molar refractivity (Wildman–Crippen MR) is 87.8 cm³/mol. The highest BCUT2D eigenvalue weighted by molar-refractivity contribution is 6.40. The number of rotatable bonds is 2. The summed E-state index contributed by atoms with van der Waals surface area (Å²) in [5.41, 5.74) is 4.90. The minimum atomic E-state index is -0.869. The van der Waals surface area contributed by atoms with E-state index in [9.17, 15) is 9.59 Å². The van der Waals surface area contributed by atoms with Crippen LogP contribution in [0.1, 0.15) is 16.3 Å². The van der Waals surface area contributed by atoms with Gasteiger partial charge in [0.15, 0.2) is 11.3 Å². The van der Waals surface area contributed by atoms with Crippen molar-refractivity contribution in [1.82, 2.24) is 19.7 Å². The number of nitrogens with one attached hydrogen (secondary N) is 1. The highest BCUT2D eigenvalue weighted by Crippen LogP contribution is 2.33. The van der Waals surface area contributed by atoms with E-state index < -0.39 is 11.5 Å². The smallest absolute Gasteiger partial charge is 0.270 e. The molecule has 3 rings (SSSR count). The van der Waals surface area contributed by atoms with Gasteiger partial charge in [-0.3, -0.25) is 9.59 Å². The largest absolute Gasteiger partial charge is 0.364 e. The van der Waals surface area contributed by atoms with Crippen LogP contribution in [-0.2, 0) is 0 Å². The first kappa shape index (κ1) is 15.8. The average molecular weight is 373 g/mol. The number of halogens is 3. The van der Waals surface area contributed by atoms with Crippen LogP contribution in [0.2, 0.25) is 15.1 Å². The number of nitrogens with zero attached hydrogens (tertiary/aromatic N) is 3. The van der Waals surface area contributed by atoms with Crippen molar-refractivity contribution < 1.29 is 4.79 Å². The molecular formula is C13H8Cl3N5O2. The van der Waals surface area contributed by atoms with E-state index in [1.54, 1.807) is 6.92 Å². The number of carbonyl (C=O) groups excluding carboxylic acids is 1. The number of nitrogens with two attached hydrogens (primary N) is 1. The minimum absolute atomic E-state index is 0.0369. The van der Waals surface area contributed by atoms with Crippen LogP contribution in [0, 0.1) is 6.92 Å². The monoisotopic (exact) mass is 371 g/mol. The summed E-state index contributed by atoms with van der Waals surface area (Å²) in [5, 5.41) is 4.72. The molecule has 0 atom stereocenters. The lowest BCUT2D eigenvalue weighted by atomic mass is 10.3. The molecule has 118 valence electrons. The Morgan fingerprint density at radius 2 is 1.87 bits per heavy atom. The van der Waals surface area contributed by atoms with Gasteiger partial charge in [-0.2, -0.15) is 5.10 Å². The summed E-state index contributed by atoms with van der Waals surface area (Å²) in [6.07, 6.45) is 0. The second-order valence-corrected chi connectivity index (χ2v) is 5.94. The molecule has 1 amide bonds. The third-order valence-electron chi connectivity index (χ3n) is 3.08. The summed E-state index contributed by atoms with van der Waals surface area (Å²) in [7, 11) is 0. The zero-order valence-electron chi connectivity index (χ0n) is 11.5. The molecule has 0 saturated carbocycles. The summed E-state index contributed by atoms with van der Waals surface area (Å²) in [6.45, 7) is 1.59. The maximum atomic E-state index is 12.1. The van der Waals surface area contributed by atoms with Crippen molar-refractivity contribution in [2.75, 3.05) is 0 Å². The Labute approximate surface area is 144 Å². The Bertz CT molecular complexity index is 1000. The number of fused-ring (bicyclic) bond motifs is 1. The molecule has 0 spiro atoms. The molecule has 3 aromatic rings. The molecule has 0 fully saturated rings. The van der Waals surface area contributed by atoms with Gasteiger partial charge in [-0.15, -0.1) is 0 Å². The SMILES string of the molecule is Cc1nc2c(c(C(N)=O)nn2-c2c(Cl)cc(Cl)cc2Cl)c(=O)[nH]1. The van der Waals surface area contributed by atoms with Gasteiger partial charge in [0, 0.05) is 5.02 Å². The molecule has 2 aromatic heterocycles. The molecule has 0 aliphatic carbocycles. The lowest BCUT2D eigenvalue weighted by Gasteiger charge is -2.08. The Morgan fingerprint density at radius 3 is 2.43 bits per heavy atom. The Hall–Kier alpha value is -2.09. The number of hydrogen-bond donors (Lipinski definition) is 2. The van der Waals surface area contributed by atoms with Crippen molar-refractivity contribution in [3.8, 4) is 5.69 Å². The second kappa shape index (κ2) is 5.52. The first-order valence-corrected chi connectivity index (χ1v) is 7.37. The van der Waals surface area contributed by atoms with Gasteiger partial charge < -0.3 is 10.7 Å². The summed E-state index contributed by atoms with van der Waals surface area (Å²) < 4.78 is 1.21. The molecule has 3 N–H and O–H groups in total. The van der Waals surface area contributed by atoms with Crippen LogP contribution < -0.4 is 11.3 Å². The molecule has 0 unspecified atom stereocenters. The summed E-state index contributed by atoms with van der Waals surface area (Å²) in [5.74, 6) is -0.535. The lowest BCUT2D eigenvalue weighted by molar-refractivity contribution is 0.0996. The highest BCUT2D eigenvalue weighted by Gasteiger charge is 2.23. The first-order chi connectivity index (χ1) is 10.8. The Balaban J connectivity index is 2.49. The van der Waals surface area contributed by atoms with E-state index in [2.05, 4.69) is 15.1 Å². The third-order valence-corrected chi connectivity index (χ3v) is 3.88. The molecule has 1 aromatic carbocycles. The number of aromatic nitrogens is 4. The second-order valence-electron chi connectivity index (χ2n) is 4.69. The van der Waals surface area contributed by atoms with Crippen molar-refractivity contribution in [3.05, 3.63) is 49.1 Å². The van der Waals surface area contributed by atoms with Gasteiger partial charge in [0.05, 0.1) is 10.0 Å². The van der Waals surface area contributed by atoms with Gasteiger partial charge in [-0.1, -0.05) is 34.8 Å². The molecule has 0 radical (unpaired) electrons. The molecular weight excluding hydrogens is 365 g/mol. The van der Waals surface area contributed by atoms with E-state index in [-0.39, 0.29) is 32.5 Å². The van der Waals surface area contributed by atoms with Crippen LogP contribution in [0.15, 0.2) is 16.9 Å². The van der Waals surface area contributed by atoms with Crippen LogP contribution in [0.25, 0.3) is 16.7 Å². The van der Waals surface area contributed by atoms with Crippen molar-refractivity contribution in [2.45, 2.75) is 6.92 Å². The number of carbonyl (C=O) groups is 1. The number of H-pyrrole nitrogens is 1. The number of primary amides is 1. The molecule has 23 heavy (non-hydrogen) atoms. The van der Waals surface area contributed by atoms with E-state index in [4.69, 9.17) is 40.5 Å².